The van der Waals surface area contributed by atoms with Crippen molar-refractivity contribution in [3.8, 4) is 11.5 Å². The van der Waals surface area contributed by atoms with Crippen LogP contribution in [-0.2, 0) is 0 Å². The van der Waals surface area contributed by atoms with E-state index in [4.69, 9.17) is 9.47 Å². The Balaban J connectivity index is 1.71. The van der Waals surface area contributed by atoms with Gasteiger partial charge in [0, 0.05) is 31.7 Å². The molecule has 0 spiro atoms. The Morgan fingerprint density at radius 2 is 1.46 bits per heavy atom. The standard InChI is InChI=1S/C22H26N2O4/c1-16-9-10-17(15-20(16)28-3)21(25)23-11-6-12-24(14-13-23)22(26)18-7-4-5-8-19(18)27-2/h4-5,7-10,15H,6,11-14H2,1-3H3. The van der Waals surface area contributed by atoms with E-state index in [1.54, 1.807) is 42.2 Å². The molecular formula is C22H26N2O4. The van der Waals surface area contributed by atoms with E-state index in [0.717, 1.165) is 12.0 Å². The van der Waals surface area contributed by atoms with Gasteiger partial charge in [0.15, 0.2) is 0 Å². The van der Waals surface area contributed by atoms with Gasteiger partial charge >= 0.3 is 0 Å². The number of methoxy groups -OCH3 is 2. The van der Waals surface area contributed by atoms with E-state index in [2.05, 4.69) is 0 Å². The highest BCUT2D eigenvalue weighted by molar-refractivity contribution is 5.97. The summed E-state index contributed by atoms with van der Waals surface area (Å²) in [6, 6.07) is 12.7. The lowest BCUT2D eigenvalue weighted by Crippen LogP contribution is -2.37. The van der Waals surface area contributed by atoms with Crippen LogP contribution in [0.3, 0.4) is 0 Å². The zero-order valence-corrected chi connectivity index (χ0v) is 16.6. The minimum atomic E-state index is -0.0660. The monoisotopic (exact) mass is 382 g/mol. The number of ether oxygens (including phenoxy) is 2. The highest BCUT2D eigenvalue weighted by Crippen LogP contribution is 2.22. The summed E-state index contributed by atoms with van der Waals surface area (Å²) in [5, 5.41) is 0. The summed E-state index contributed by atoms with van der Waals surface area (Å²) in [7, 11) is 3.16. The van der Waals surface area contributed by atoms with E-state index in [-0.39, 0.29) is 11.8 Å². The molecule has 2 aromatic rings. The third-order valence-electron chi connectivity index (χ3n) is 5.06. The van der Waals surface area contributed by atoms with Gasteiger partial charge in [-0.3, -0.25) is 9.59 Å². The average molecular weight is 382 g/mol. The molecule has 1 aliphatic heterocycles. The van der Waals surface area contributed by atoms with Crippen molar-refractivity contribution in [3.63, 3.8) is 0 Å². The lowest BCUT2D eigenvalue weighted by Gasteiger charge is -2.23. The maximum Gasteiger partial charge on any atom is 0.257 e. The second-order valence-electron chi connectivity index (χ2n) is 6.82. The smallest absolute Gasteiger partial charge is 0.257 e. The molecule has 2 amide bonds. The largest absolute Gasteiger partial charge is 0.496 e. The Kier molecular flexibility index (Phi) is 6.19. The minimum absolute atomic E-state index is 0.0371. The molecule has 6 nitrogen and oxygen atoms in total. The predicted octanol–water partition coefficient (Wildman–Crippen LogP) is 3.00. The molecule has 0 bridgehead atoms. The molecule has 3 rings (SSSR count). The van der Waals surface area contributed by atoms with Crippen molar-refractivity contribution in [2.45, 2.75) is 13.3 Å². The van der Waals surface area contributed by atoms with Gasteiger partial charge in [0.05, 0.1) is 19.8 Å². The van der Waals surface area contributed by atoms with E-state index >= 15 is 0 Å². The molecule has 1 fully saturated rings. The highest BCUT2D eigenvalue weighted by Gasteiger charge is 2.25. The molecule has 2 aromatic carbocycles. The number of amides is 2. The van der Waals surface area contributed by atoms with Gasteiger partial charge in [0.25, 0.3) is 11.8 Å². The number of rotatable bonds is 4. The Morgan fingerprint density at radius 3 is 2.14 bits per heavy atom. The van der Waals surface area contributed by atoms with Gasteiger partial charge in [-0.15, -0.1) is 0 Å². The zero-order valence-electron chi connectivity index (χ0n) is 16.6. The van der Waals surface area contributed by atoms with Crippen molar-refractivity contribution in [3.05, 3.63) is 59.2 Å². The highest BCUT2D eigenvalue weighted by atomic mass is 16.5. The van der Waals surface area contributed by atoms with Gasteiger partial charge in [-0.2, -0.15) is 0 Å². The molecule has 28 heavy (non-hydrogen) atoms. The van der Waals surface area contributed by atoms with E-state index in [1.165, 1.54) is 0 Å². The van der Waals surface area contributed by atoms with Crippen LogP contribution in [0.15, 0.2) is 42.5 Å². The van der Waals surface area contributed by atoms with Crippen molar-refractivity contribution >= 4 is 11.8 Å². The van der Waals surface area contributed by atoms with Crippen LogP contribution in [0.2, 0.25) is 0 Å². The topological polar surface area (TPSA) is 59.1 Å². The summed E-state index contributed by atoms with van der Waals surface area (Å²) < 4.78 is 10.6. The normalized spacial score (nSPS) is 14.4. The first kappa shape index (κ1) is 19.7. The summed E-state index contributed by atoms with van der Waals surface area (Å²) in [5.41, 5.74) is 2.14. The first-order valence-electron chi connectivity index (χ1n) is 9.41. The summed E-state index contributed by atoms with van der Waals surface area (Å²) in [6.07, 6.45) is 0.732. The average Bonchev–Trinajstić information content (AvgIpc) is 2.99. The minimum Gasteiger partial charge on any atom is -0.496 e. The lowest BCUT2D eigenvalue weighted by atomic mass is 10.1. The third kappa shape index (κ3) is 4.11. The van der Waals surface area contributed by atoms with Crippen molar-refractivity contribution in [1.82, 2.24) is 9.80 Å². The van der Waals surface area contributed by atoms with Gasteiger partial charge in [0.2, 0.25) is 0 Å². The number of hydrogen-bond acceptors (Lipinski definition) is 4. The maximum atomic E-state index is 12.9. The van der Waals surface area contributed by atoms with Crippen LogP contribution in [-0.4, -0.2) is 62.0 Å². The van der Waals surface area contributed by atoms with E-state index in [1.807, 2.05) is 31.2 Å². The molecule has 0 unspecified atom stereocenters. The van der Waals surface area contributed by atoms with Crippen LogP contribution in [0.4, 0.5) is 0 Å². The molecule has 0 atom stereocenters. The van der Waals surface area contributed by atoms with Gasteiger partial charge in [-0.25, -0.2) is 0 Å². The number of aryl methyl sites for hydroxylation is 1. The number of nitrogens with zero attached hydrogens (tertiary/aromatic N) is 2. The van der Waals surface area contributed by atoms with Crippen LogP contribution >= 0.6 is 0 Å². The summed E-state index contributed by atoms with van der Waals surface area (Å²) in [5.74, 6) is 1.17. The molecule has 0 N–H and O–H groups in total. The second kappa shape index (κ2) is 8.78. The van der Waals surface area contributed by atoms with Crippen LogP contribution in [0.25, 0.3) is 0 Å². The Labute approximate surface area is 165 Å². The van der Waals surface area contributed by atoms with Gasteiger partial charge < -0.3 is 19.3 Å². The number of hydrogen-bond donors (Lipinski definition) is 0. The lowest BCUT2D eigenvalue weighted by molar-refractivity contribution is 0.0716. The maximum absolute atomic E-state index is 12.9. The molecule has 1 aliphatic rings. The first-order chi connectivity index (χ1) is 13.5. The van der Waals surface area contributed by atoms with Crippen LogP contribution in [0.1, 0.15) is 32.7 Å². The quantitative estimate of drug-likeness (QED) is 0.816. The molecule has 1 saturated heterocycles. The van der Waals surface area contributed by atoms with E-state index in [0.29, 0.717) is 48.8 Å². The van der Waals surface area contributed by atoms with Crippen LogP contribution < -0.4 is 9.47 Å². The molecule has 0 saturated carbocycles. The molecule has 0 aromatic heterocycles. The summed E-state index contributed by atoms with van der Waals surface area (Å²) >= 11 is 0. The Bertz CT molecular complexity index is 865. The fraction of sp³-hybridized carbons (Fsp3) is 0.364. The van der Waals surface area contributed by atoms with Gasteiger partial charge in [-0.1, -0.05) is 18.2 Å². The second-order valence-corrected chi connectivity index (χ2v) is 6.82. The van der Waals surface area contributed by atoms with Crippen LogP contribution in [0, 0.1) is 6.92 Å². The van der Waals surface area contributed by atoms with Crippen molar-refractivity contribution in [2.24, 2.45) is 0 Å². The Morgan fingerprint density at radius 1 is 0.821 bits per heavy atom. The number of carbonyl (C=O) groups is 2. The van der Waals surface area contributed by atoms with Crippen LogP contribution in [0.5, 0.6) is 11.5 Å². The first-order valence-corrected chi connectivity index (χ1v) is 9.41. The predicted molar refractivity (Wildman–Crippen MR) is 107 cm³/mol. The molecule has 0 radical (unpaired) electrons. The molecule has 1 heterocycles. The van der Waals surface area contributed by atoms with E-state index < -0.39 is 0 Å². The van der Waals surface area contributed by atoms with Gasteiger partial charge in [0.1, 0.15) is 11.5 Å². The molecule has 6 heteroatoms. The summed E-state index contributed by atoms with van der Waals surface area (Å²) in [6.45, 7) is 4.16. The molecular weight excluding hydrogens is 356 g/mol. The van der Waals surface area contributed by atoms with Crippen molar-refractivity contribution < 1.29 is 19.1 Å². The molecule has 148 valence electrons. The van der Waals surface area contributed by atoms with Crippen molar-refractivity contribution in [1.29, 1.82) is 0 Å². The fourth-order valence-corrected chi connectivity index (χ4v) is 3.45. The summed E-state index contributed by atoms with van der Waals surface area (Å²) in [4.78, 5) is 29.4. The fourth-order valence-electron chi connectivity index (χ4n) is 3.45. The van der Waals surface area contributed by atoms with Crippen molar-refractivity contribution in [2.75, 3.05) is 40.4 Å². The number of carbonyl (C=O) groups excluding carboxylic acids is 2. The Hall–Kier alpha value is -3.02. The van der Waals surface area contributed by atoms with E-state index in [9.17, 15) is 9.59 Å². The number of benzene rings is 2. The number of para-hydroxylation sites is 1. The van der Waals surface area contributed by atoms with Gasteiger partial charge in [-0.05, 0) is 43.2 Å². The zero-order chi connectivity index (χ0) is 20.1. The molecule has 0 aliphatic carbocycles. The SMILES string of the molecule is COc1cc(C(=O)N2CCCN(C(=O)c3ccccc3OC)CC2)ccc1C. The third-order valence-corrected chi connectivity index (χ3v) is 5.06.